The van der Waals surface area contributed by atoms with Crippen molar-refractivity contribution in [3.63, 3.8) is 0 Å². The van der Waals surface area contributed by atoms with Crippen LogP contribution in [0.3, 0.4) is 0 Å². The van der Waals surface area contributed by atoms with E-state index >= 15 is 0 Å². The number of unbranched alkanes of at least 4 members (excludes halogenated alkanes) is 37. The van der Waals surface area contributed by atoms with E-state index in [1.54, 1.807) is 6.08 Å². The molecule has 4 nitrogen and oxygen atoms in total. The second kappa shape index (κ2) is 52.7. The average molecular weight is 854 g/mol. The summed E-state index contributed by atoms with van der Waals surface area (Å²) >= 11 is 0. The Hall–Kier alpha value is -1.65. The molecule has 0 bridgehead atoms. The Bertz CT molecular complexity index is 970. The summed E-state index contributed by atoms with van der Waals surface area (Å²) < 4.78 is 0. The number of rotatable bonds is 50. The third-order valence-electron chi connectivity index (χ3n) is 12.5. The van der Waals surface area contributed by atoms with Gasteiger partial charge in [0.15, 0.2) is 0 Å². The van der Waals surface area contributed by atoms with E-state index in [-0.39, 0.29) is 12.5 Å². The van der Waals surface area contributed by atoms with Gasteiger partial charge in [-0.15, -0.1) is 0 Å². The van der Waals surface area contributed by atoms with Gasteiger partial charge in [0, 0.05) is 6.42 Å². The molecule has 61 heavy (non-hydrogen) atoms. The van der Waals surface area contributed by atoms with Gasteiger partial charge < -0.3 is 15.5 Å². The van der Waals surface area contributed by atoms with E-state index in [0.29, 0.717) is 6.42 Å². The van der Waals surface area contributed by atoms with Crippen LogP contribution in [-0.4, -0.2) is 34.9 Å². The summed E-state index contributed by atoms with van der Waals surface area (Å²) in [5, 5.41) is 23.1. The normalized spacial score (nSPS) is 13.2. The van der Waals surface area contributed by atoms with Crippen molar-refractivity contribution in [2.24, 2.45) is 0 Å². The van der Waals surface area contributed by atoms with Gasteiger partial charge in [-0.3, -0.25) is 4.79 Å². The molecule has 0 aromatic rings. The zero-order valence-electron chi connectivity index (χ0n) is 41.2. The predicted octanol–water partition coefficient (Wildman–Crippen LogP) is 17.9. The van der Waals surface area contributed by atoms with Crippen LogP contribution in [-0.2, 0) is 4.79 Å². The maximum atomic E-state index is 12.4. The Balaban J connectivity index is 3.54. The second-order valence-electron chi connectivity index (χ2n) is 18.6. The molecule has 358 valence electrons. The Morgan fingerprint density at radius 3 is 1.05 bits per heavy atom. The van der Waals surface area contributed by atoms with Gasteiger partial charge in [-0.25, -0.2) is 0 Å². The molecule has 0 aliphatic rings. The maximum absolute atomic E-state index is 12.4. The lowest BCUT2D eigenvalue weighted by Crippen LogP contribution is -2.45. The van der Waals surface area contributed by atoms with Crippen LogP contribution < -0.4 is 5.32 Å². The summed E-state index contributed by atoms with van der Waals surface area (Å²) in [4.78, 5) is 12.4. The lowest BCUT2D eigenvalue weighted by atomic mass is 10.0. The quantitative estimate of drug-likeness (QED) is 0.0422. The highest BCUT2D eigenvalue weighted by Gasteiger charge is 2.18. The lowest BCUT2D eigenvalue weighted by Gasteiger charge is -2.19. The molecule has 0 rings (SSSR count). The highest BCUT2D eigenvalue weighted by atomic mass is 16.3. The van der Waals surface area contributed by atoms with Gasteiger partial charge in [-0.1, -0.05) is 268 Å². The van der Waals surface area contributed by atoms with Crippen LogP contribution >= 0.6 is 0 Å². The standard InChI is InChI=1S/C57H107NO3/c1-3-5-7-9-11-13-15-17-19-21-23-25-26-27-28-29-30-31-33-34-36-38-40-42-44-46-48-50-52-56(60)55(54-59)58-57(61)53-51-49-47-45-43-41-39-37-35-32-24-22-20-18-16-14-12-10-8-6-4-2/h16,18,22,24,42,44,50,52,55-56,59-60H,3-15,17,19-21,23,25-41,43,45-49,51,53-54H2,1-2H3,(H,58,61)/b18-16-,24-22-,44-42+,52-50+. The van der Waals surface area contributed by atoms with E-state index in [2.05, 4.69) is 55.6 Å². The number of hydrogen-bond donors (Lipinski definition) is 3. The number of amides is 1. The van der Waals surface area contributed by atoms with E-state index in [0.717, 1.165) is 38.5 Å². The van der Waals surface area contributed by atoms with Crippen molar-refractivity contribution in [3.8, 4) is 0 Å². The molecule has 0 radical (unpaired) electrons. The summed E-state index contributed by atoms with van der Waals surface area (Å²) in [7, 11) is 0. The molecule has 1 amide bonds. The first-order valence-corrected chi connectivity index (χ1v) is 27.4. The van der Waals surface area contributed by atoms with Crippen LogP contribution in [0.5, 0.6) is 0 Å². The number of carbonyl (C=O) groups excluding carboxylic acids is 1. The van der Waals surface area contributed by atoms with Gasteiger partial charge in [0.1, 0.15) is 0 Å². The van der Waals surface area contributed by atoms with Crippen molar-refractivity contribution in [1.29, 1.82) is 0 Å². The number of carbonyl (C=O) groups is 1. The minimum atomic E-state index is -0.866. The number of aliphatic hydroxyl groups is 2. The molecule has 0 aliphatic heterocycles. The van der Waals surface area contributed by atoms with Crippen molar-refractivity contribution in [3.05, 3.63) is 48.6 Å². The first kappa shape index (κ1) is 59.4. The van der Waals surface area contributed by atoms with Crippen LogP contribution in [0.2, 0.25) is 0 Å². The average Bonchev–Trinajstić information content (AvgIpc) is 3.26. The minimum Gasteiger partial charge on any atom is -0.394 e. The molecule has 0 aliphatic carbocycles. The fraction of sp³-hybridized carbons (Fsp3) is 0.842. The van der Waals surface area contributed by atoms with Crippen molar-refractivity contribution < 1.29 is 15.0 Å². The van der Waals surface area contributed by atoms with Gasteiger partial charge in [0.2, 0.25) is 5.91 Å². The Morgan fingerprint density at radius 2 is 0.689 bits per heavy atom. The fourth-order valence-electron chi connectivity index (χ4n) is 8.34. The molecule has 2 atom stereocenters. The highest BCUT2D eigenvalue weighted by molar-refractivity contribution is 5.76. The summed E-state index contributed by atoms with van der Waals surface area (Å²) in [5.41, 5.74) is 0. The second-order valence-corrected chi connectivity index (χ2v) is 18.6. The van der Waals surface area contributed by atoms with Crippen molar-refractivity contribution in [2.45, 2.75) is 302 Å². The van der Waals surface area contributed by atoms with E-state index < -0.39 is 12.1 Å². The van der Waals surface area contributed by atoms with Crippen molar-refractivity contribution >= 4 is 5.91 Å². The lowest BCUT2D eigenvalue weighted by molar-refractivity contribution is -0.123. The molecule has 2 unspecified atom stereocenters. The Labute approximate surface area is 382 Å². The molecular formula is C57H107NO3. The molecule has 0 heterocycles. The summed E-state index contributed by atoms with van der Waals surface area (Å²) in [5.74, 6) is -0.0762. The molecule has 0 saturated carbocycles. The SMILES string of the molecule is CCCCCCC/C=C\C/C=C\CCCCCCCCCCCC(=O)NC(CO)C(O)/C=C/CC/C=C/CCCCCCCCCCCCCCCCCCCCCCCC. The van der Waals surface area contributed by atoms with E-state index in [1.807, 2.05) is 6.08 Å². The molecular weight excluding hydrogens is 747 g/mol. The zero-order valence-corrected chi connectivity index (χ0v) is 41.2. The Kier molecular flexibility index (Phi) is 51.3. The summed E-state index contributed by atoms with van der Waals surface area (Å²) in [6.07, 6.45) is 72.7. The zero-order chi connectivity index (χ0) is 44.2. The molecule has 0 aromatic carbocycles. The highest BCUT2D eigenvalue weighted by Crippen LogP contribution is 2.16. The number of allylic oxidation sites excluding steroid dienone is 7. The van der Waals surface area contributed by atoms with Gasteiger partial charge in [-0.05, 0) is 64.2 Å². The van der Waals surface area contributed by atoms with E-state index in [1.165, 1.54) is 231 Å². The van der Waals surface area contributed by atoms with Crippen LogP contribution in [0.15, 0.2) is 48.6 Å². The molecule has 0 fully saturated rings. The van der Waals surface area contributed by atoms with Crippen LogP contribution in [0.25, 0.3) is 0 Å². The summed E-state index contributed by atoms with van der Waals surface area (Å²) in [6, 6.07) is -0.643. The van der Waals surface area contributed by atoms with Crippen LogP contribution in [0, 0.1) is 0 Å². The first-order valence-electron chi connectivity index (χ1n) is 27.4. The van der Waals surface area contributed by atoms with Crippen LogP contribution in [0.4, 0.5) is 0 Å². The largest absolute Gasteiger partial charge is 0.394 e. The molecule has 3 N–H and O–H groups in total. The fourth-order valence-corrected chi connectivity index (χ4v) is 8.34. The van der Waals surface area contributed by atoms with Crippen molar-refractivity contribution in [1.82, 2.24) is 5.32 Å². The monoisotopic (exact) mass is 854 g/mol. The third kappa shape index (κ3) is 49.2. The predicted molar refractivity (Wildman–Crippen MR) is 271 cm³/mol. The molecule has 0 spiro atoms. The van der Waals surface area contributed by atoms with E-state index in [9.17, 15) is 15.0 Å². The van der Waals surface area contributed by atoms with Crippen LogP contribution in [0.1, 0.15) is 290 Å². The number of hydrogen-bond acceptors (Lipinski definition) is 3. The van der Waals surface area contributed by atoms with E-state index in [4.69, 9.17) is 0 Å². The van der Waals surface area contributed by atoms with Gasteiger partial charge >= 0.3 is 0 Å². The van der Waals surface area contributed by atoms with Gasteiger partial charge in [0.25, 0.3) is 0 Å². The van der Waals surface area contributed by atoms with Crippen molar-refractivity contribution in [2.75, 3.05) is 6.61 Å². The molecule has 0 aromatic heterocycles. The molecule has 4 heteroatoms. The minimum absolute atomic E-state index is 0.0762. The number of nitrogens with one attached hydrogen (secondary N) is 1. The maximum Gasteiger partial charge on any atom is 0.220 e. The third-order valence-corrected chi connectivity index (χ3v) is 12.5. The Morgan fingerprint density at radius 1 is 0.393 bits per heavy atom. The van der Waals surface area contributed by atoms with Gasteiger partial charge in [-0.2, -0.15) is 0 Å². The van der Waals surface area contributed by atoms with Gasteiger partial charge in [0.05, 0.1) is 18.8 Å². The smallest absolute Gasteiger partial charge is 0.220 e. The topological polar surface area (TPSA) is 69.6 Å². The number of aliphatic hydroxyl groups excluding tert-OH is 2. The molecule has 0 saturated heterocycles. The summed E-state index contributed by atoms with van der Waals surface area (Å²) in [6.45, 7) is 4.31. The first-order chi connectivity index (χ1) is 30.2.